The Hall–Kier alpha value is -1.11. The molecule has 1 saturated heterocycles. The Balaban J connectivity index is 2.01. The molecule has 1 aromatic heterocycles. The second-order valence-corrected chi connectivity index (χ2v) is 6.77. The van der Waals surface area contributed by atoms with Crippen molar-refractivity contribution in [2.24, 2.45) is 5.41 Å². The van der Waals surface area contributed by atoms with Crippen LogP contribution in [0, 0.1) is 5.41 Å². The Morgan fingerprint density at radius 1 is 1.55 bits per heavy atom. The van der Waals surface area contributed by atoms with Crippen LogP contribution in [0.25, 0.3) is 0 Å². The number of carboxylic acids is 1. The van der Waals surface area contributed by atoms with Crippen molar-refractivity contribution in [1.82, 2.24) is 4.90 Å². The van der Waals surface area contributed by atoms with E-state index in [1.807, 2.05) is 6.07 Å². The van der Waals surface area contributed by atoms with Gasteiger partial charge in [0.25, 0.3) is 0 Å². The number of ether oxygens (including phenoxy) is 1. The zero-order valence-electron chi connectivity index (χ0n) is 11.1. The summed E-state index contributed by atoms with van der Waals surface area (Å²) in [7, 11) is 1.48. The Kier molecular flexibility index (Phi) is 4.67. The van der Waals surface area contributed by atoms with E-state index in [-0.39, 0.29) is 25.5 Å². The van der Waals surface area contributed by atoms with Gasteiger partial charge < -0.3 is 14.7 Å². The normalized spacial score (nSPS) is 22.2. The molecule has 5 nitrogen and oxygen atoms in total. The minimum atomic E-state index is -0.975. The molecule has 110 valence electrons. The molecule has 1 aliphatic heterocycles. The summed E-state index contributed by atoms with van der Waals surface area (Å²) >= 11 is 7.20. The lowest BCUT2D eigenvalue weighted by atomic mass is 9.88. The van der Waals surface area contributed by atoms with Gasteiger partial charge in [0.05, 0.1) is 17.4 Å². The van der Waals surface area contributed by atoms with Crippen molar-refractivity contribution in [2.75, 3.05) is 26.8 Å². The predicted molar refractivity (Wildman–Crippen MR) is 76.2 cm³/mol. The van der Waals surface area contributed by atoms with Crippen molar-refractivity contribution in [1.29, 1.82) is 0 Å². The number of likely N-dealkylation sites (tertiary alicyclic amines) is 1. The van der Waals surface area contributed by atoms with Crippen LogP contribution in [0.15, 0.2) is 12.1 Å². The summed E-state index contributed by atoms with van der Waals surface area (Å²) in [5.41, 5.74) is -0.975. The summed E-state index contributed by atoms with van der Waals surface area (Å²) in [4.78, 5) is 26.1. The lowest BCUT2D eigenvalue weighted by Gasteiger charge is -2.23. The fraction of sp³-hybridized carbons (Fsp3) is 0.538. The molecular weight excluding hydrogens is 302 g/mol. The number of aliphatic carboxylic acids is 1. The Morgan fingerprint density at radius 3 is 2.85 bits per heavy atom. The summed E-state index contributed by atoms with van der Waals surface area (Å²) in [6, 6.07) is 3.58. The van der Waals surface area contributed by atoms with Crippen LogP contribution in [-0.2, 0) is 20.7 Å². The Morgan fingerprint density at radius 2 is 2.30 bits per heavy atom. The molecular formula is C13H16ClNO4S. The van der Waals surface area contributed by atoms with Crippen molar-refractivity contribution in [2.45, 2.75) is 12.8 Å². The second kappa shape index (κ2) is 6.11. The third-order valence-corrected chi connectivity index (χ3v) is 4.77. The SMILES string of the molecule is COCC1(C(=O)O)CCN(C(=O)Cc2ccc(Cl)s2)C1. The van der Waals surface area contributed by atoms with Crippen LogP contribution in [0.3, 0.4) is 0 Å². The zero-order valence-corrected chi connectivity index (χ0v) is 12.7. The zero-order chi connectivity index (χ0) is 14.8. The summed E-state index contributed by atoms with van der Waals surface area (Å²) in [5, 5.41) is 9.35. The molecule has 2 rings (SSSR count). The highest BCUT2D eigenvalue weighted by Crippen LogP contribution is 2.32. The maximum atomic E-state index is 12.2. The molecule has 7 heteroatoms. The molecule has 1 N–H and O–H groups in total. The van der Waals surface area contributed by atoms with Gasteiger partial charge in [0.15, 0.2) is 0 Å². The first-order valence-corrected chi connectivity index (χ1v) is 7.40. The van der Waals surface area contributed by atoms with Crippen molar-refractivity contribution in [3.8, 4) is 0 Å². The number of hydrogen-bond donors (Lipinski definition) is 1. The van der Waals surface area contributed by atoms with Gasteiger partial charge in [-0.15, -0.1) is 11.3 Å². The molecule has 0 radical (unpaired) electrons. The van der Waals surface area contributed by atoms with Gasteiger partial charge in [0, 0.05) is 25.1 Å². The van der Waals surface area contributed by atoms with E-state index in [9.17, 15) is 14.7 Å². The molecule has 1 aromatic rings. The largest absolute Gasteiger partial charge is 0.481 e. The fourth-order valence-electron chi connectivity index (χ4n) is 2.42. The van der Waals surface area contributed by atoms with Crippen molar-refractivity contribution >= 4 is 34.8 Å². The number of carbonyl (C=O) groups is 2. The van der Waals surface area contributed by atoms with E-state index in [2.05, 4.69) is 0 Å². The van der Waals surface area contributed by atoms with E-state index in [1.54, 1.807) is 11.0 Å². The first-order valence-electron chi connectivity index (χ1n) is 6.21. The standard InChI is InChI=1S/C13H16ClNO4S/c1-19-8-13(12(17)18)4-5-15(7-13)11(16)6-9-2-3-10(14)20-9/h2-3H,4-8H2,1H3,(H,17,18). The minimum absolute atomic E-state index is 0.0669. The van der Waals surface area contributed by atoms with Crippen LogP contribution in [0.5, 0.6) is 0 Å². The number of nitrogens with zero attached hydrogens (tertiary/aromatic N) is 1. The maximum absolute atomic E-state index is 12.2. The topological polar surface area (TPSA) is 66.8 Å². The molecule has 1 fully saturated rings. The van der Waals surface area contributed by atoms with Crippen molar-refractivity contribution in [3.05, 3.63) is 21.3 Å². The molecule has 0 bridgehead atoms. The first kappa shape index (κ1) is 15.3. The number of methoxy groups -OCH3 is 1. The van der Waals surface area contributed by atoms with Crippen LogP contribution >= 0.6 is 22.9 Å². The first-order chi connectivity index (χ1) is 9.47. The van der Waals surface area contributed by atoms with Crippen LogP contribution in [0.2, 0.25) is 4.34 Å². The Labute approximate surface area is 126 Å². The van der Waals surface area contributed by atoms with E-state index >= 15 is 0 Å². The highest BCUT2D eigenvalue weighted by Gasteiger charge is 2.46. The minimum Gasteiger partial charge on any atom is -0.481 e. The van der Waals surface area contributed by atoms with Gasteiger partial charge in [-0.25, -0.2) is 0 Å². The smallest absolute Gasteiger partial charge is 0.313 e. The highest BCUT2D eigenvalue weighted by molar-refractivity contribution is 7.16. The van der Waals surface area contributed by atoms with Crippen LogP contribution in [-0.4, -0.2) is 48.7 Å². The summed E-state index contributed by atoms with van der Waals surface area (Å²) in [6.45, 7) is 0.776. The number of rotatable bonds is 5. The van der Waals surface area contributed by atoms with E-state index in [0.29, 0.717) is 17.3 Å². The average molecular weight is 318 g/mol. The molecule has 0 aliphatic carbocycles. The number of carbonyl (C=O) groups excluding carboxylic acids is 1. The molecule has 1 atom stereocenters. The molecule has 1 aliphatic rings. The van der Waals surface area contributed by atoms with E-state index < -0.39 is 11.4 Å². The van der Waals surface area contributed by atoms with E-state index in [4.69, 9.17) is 16.3 Å². The van der Waals surface area contributed by atoms with Gasteiger partial charge in [0.2, 0.25) is 5.91 Å². The lowest BCUT2D eigenvalue weighted by molar-refractivity contribution is -0.151. The number of halogens is 1. The van der Waals surface area contributed by atoms with E-state index in [1.165, 1.54) is 18.4 Å². The van der Waals surface area contributed by atoms with Gasteiger partial charge >= 0.3 is 5.97 Å². The maximum Gasteiger partial charge on any atom is 0.313 e. The number of carboxylic acid groups (broad SMARTS) is 1. The molecule has 2 heterocycles. The van der Waals surface area contributed by atoms with Gasteiger partial charge in [-0.05, 0) is 18.6 Å². The van der Waals surface area contributed by atoms with E-state index in [0.717, 1.165) is 4.88 Å². The van der Waals surface area contributed by atoms with Crippen LogP contribution in [0.4, 0.5) is 0 Å². The van der Waals surface area contributed by atoms with Gasteiger partial charge in [0.1, 0.15) is 5.41 Å². The van der Waals surface area contributed by atoms with Crippen LogP contribution in [0.1, 0.15) is 11.3 Å². The fourth-order valence-corrected chi connectivity index (χ4v) is 3.50. The number of hydrogen-bond acceptors (Lipinski definition) is 4. The van der Waals surface area contributed by atoms with Gasteiger partial charge in [-0.3, -0.25) is 9.59 Å². The molecule has 0 aromatic carbocycles. The third-order valence-electron chi connectivity index (χ3n) is 3.54. The van der Waals surface area contributed by atoms with Gasteiger partial charge in [-0.2, -0.15) is 0 Å². The number of amides is 1. The average Bonchev–Trinajstić information content (AvgIpc) is 2.98. The summed E-state index contributed by atoms with van der Waals surface area (Å²) in [5.74, 6) is -0.975. The van der Waals surface area contributed by atoms with Crippen LogP contribution < -0.4 is 0 Å². The van der Waals surface area contributed by atoms with Gasteiger partial charge in [-0.1, -0.05) is 11.6 Å². The third kappa shape index (κ3) is 3.13. The molecule has 0 spiro atoms. The molecule has 20 heavy (non-hydrogen) atoms. The molecule has 1 amide bonds. The van der Waals surface area contributed by atoms with Crippen molar-refractivity contribution in [3.63, 3.8) is 0 Å². The lowest BCUT2D eigenvalue weighted by Crippen LogP contribution is -2.40. The van der Waals surface area contributed by atoms with Crippen molar-refractivity contribution < 1.29 is 19.4 Å². The molecule has 0 saturated carbocycles. The number of thiophene rings is 1. The highest BCUT2D eigenvalue weighted by atomic mass is 35.5. The molecule has 1 unspecified atom stereocenters. The monoisotopic (exact) mass is 317 g/mol. The summed E-state index contributed by atoms with van der Waals surface area (Å²) < 4.78 is 5.65. The quantitative estimate of drug-likeness (QED) is 0.900. The summed E-state index contributed by atoms with van der Waals surface area (Å²) in [6.07, 6.45) is 0.688. The predicted octanol–water partition coefficient (Wildman–Crippen LogP) is 1.89. The second-order valence-electron chi connectivity index (χ2n) is 4.97. The Bertz CT molecular complexity index is 518.